The molecule has 0 saturated heterocycles. The van der Waals surface area contributed by atoms with Crippen LogP contribution in [0.1, 0.15) is 38.3 Å². The van der Waals surface area contributed by atoms with Crippen molar-refractivity contribution in [2.75, 3.05) is 11.5 Å². The summed E-state index contributed by atoms with van der Waals surface area (Å²) in [4.78, 5) is 0. The zero-order valence-corrected chi connectivity index (χ0v) is 11.1. The Morgan fingerprint density at radius 3 is 2.71 bits per heavy atom. The maximum atomic E-state index is 11.7. The van der Waals surface area contributed by atoms with Crippen molar-refractivity contribution in [1.82, 2.24) is 4.72 Å². The number of nitrogens with two attached hydrogens (primary N) is 1. The Kier molecular flexibility index (Phi) is 4.96. The highest BCUT2D eigenvalue weighted by molar-refractivity contribution is 7.89. The molecule has 0 radical (unpaired) electrons. The molecule has 1 aromatic rings. The number of hydrogen-bond acceptors (Lipinski definition) is 3. The van der Waals surface area contributed by atoms with Crippen LogP contribution in [0.3, 0.4) is 0 Å². The van der Waals surface area contributed by atoms with Crippen LogP contribution in [0.5, 0.6) is 0 Å². The van der Waals surface area contributed by atoms with Crippen LogP contribution in [0.2, 0.25) is 0 Å². The fraction of sp³-hybridized carbons (Fsp3) is 0.500. The maximum absolute atomic E-state index is 11.7. The lowest BCUT2D eigenvalue weighted by Crippen LogP contribution is -2.29. The van der Waals surface area contributed by atoms with Gasteiger partial charge in [0, 0.05) is 11.7 Å². The molecule has 1 atom stereocenters. The second kappa shape index (κ2) is 6.02. The smallest absolute Gasteiger partial charge is 0.212 e. The van der Waals surface area contributed by atoms with Gasteiger partial charge in [0.1, 0.15) is 0 Å². The fourth-order valence-electron chi connectivity index (χ4n) is 1.56. The molecule has 4 nitrogen and oxygen atoms in total. The normalized spacial score (nSPS) is 13.5. The van der Waals surface area contributed by atoms with Crippen molar-refractivity contribution in [2.45, 2.75) is 32.7 Å². The van der Waals surface area contributed by atoms with Crippen LogP contribution in [0.15, 0.2) is 24.3 Å². The van der Waals surface area contributed by atoms with Gasteiger partial charge < -0.3 is 5.73 Å². The van der Waals surface area contributed by atoms with Crippen molar-refractivity contribution in [2.24, 2.45) is 0 Å². The van der Waals surface area contributed by atoms with E-state index in [9.17, 15) is 8.42 Å². The molecule has 0 aliphatic heterocycles. The Bertz CT molecular complexity index is 457. The minimum atomic E-state index is -3.19. The molecule has 0 fully saturated rings. The highest BCUT2D eigenvalue weighted by atomic mass is 32.2. The van der Waals surface area contributed by atoms with Crippen LogP contribution < -0.4 is 10.5 Å². The molecule has 1 rings (SSSR count). The molecule has 0 spiro atoms. The second-order valence-electron chi connectivity index (χ2n) is 4.18. The molecule has 0 aliphatic rings. The molecule has 0 aliphatic carbocycles. The van der Waals surface area contributed by atoms with E-state index in [1.807, 2.05) is 26.0 Å². The summed E-state index contributed by atoms with van der Waals surface area (Å²) in [7, 11) is -3.19. The largest absolute Gasteiger partial charge is 0.399 e. The first-order valence-corrected chi connectivity index (χ1v) is 7.45. The lowest BCUT2D eigenvalue weighted by Gasteiger charge is -2.14. The standard InChI is InChI=1S/C12H20N2O2S/c1-3-4-8-17(15,16)14-10(2)11-6-5-7-12(13)9-11/h5-7,9-10,14H,3-4,8,13H2,1-2H3. The van der Waals surface area contributed by atoms with Gasteiger partial charge in [0.2, 0.25) is 10.0 Å². The molecule has 3 N–H and O–H groups in total. The van der Waals surface area contributed by atoms with Gasteiger partial charge in [-0.25, -0.2) is 13.1 Å². The summed E-state index contributed by atoms with van der Waals surface area (Å²) < 4.78 is 26.1. The lowest BCUT2D eigenvalue weighted by atomic mass is 10.1. The summed E-state index contributed by atoms with van der Waals surface area (Å²) in [6.45, 7) is 3.79. The number of nitrogen functional groups attached to an aromatic ring is 1. The van der Waals surface area contributed by atoms with Gasteiger partial charge in [-0.1, -0.05) is 25.5 Å². The third-order valence-corrected chi connectivity index (χ3v) is 4.07. The number of sulfonamides is 1. The average molecular weight is 256 g/mol. The number of hydrogen-bond donors (Lipinski definition) is 2. The van der Waals surface area contributed by atoms with E-state index >= 15 is 0 Å². The van der Waals surface area contributed by atoms with Gasteiger partial charge in [0.05, 0.1) is 5.75 Å². The molecule has 1 unspecified atom stereocenters. The van der Waals surface area contributed by atoms with E-state index in [0.29, 0.717) is 12.1 Å². The van der Waals surface area contributed by atoms with Gasteiger partial charge in [-0.15, -0.1) is 0 Å². The van der Waals surface area contributed by atoms with Gasteiger partial charge in [-0.05, 0) is 31.0 Å². The second-order valence-corrected chi connectivity index (χ2v) is 6.06. The van der Waals surface area contributed by atoms with Crippen LogP contribution in [0.25, 0.3) is 0 Å². The number of nitrogens with one attached hydrogen (secondary N) is 1. The van der Waals surface area contributed by atoms with E-state index in [0.717, 1.165) is 12.0 Å². The summed E-state index contributed by atoms with van der Waals surface area (Å²) in [5, 5.41) is 0. The number of rotatable bonds is 6. The summed E-state index contributed by atoms with van der Waals surface area (Å²) in [6, 6.07) is 7.00. The molecular weight excluding hydrogens is 236 g/mol. The summed E-state index contributed by atoms with van der Waals surface area (Å²) in [5.41, 5.74) is 7.18. The predicted octanol–water partition coefficient (Wildman–Crippen LogP) is 2.05. The van der Waals surface area contributed by atoms with Gasteiger partial charge in [0.15, 0.2) is 0 Å². The molecule has 96 valence electrons. The first-order valence-electron chi connectivity index (χ1n) is 5.80. The first-order chi connectivity index (χ1) is 7.94. The lowest BCUT2D eigenvalue weighted by molar-refractivity contribution is 0.564. The molecular formula is C12H20N2O2S. The van der Waals surface area contributed by atoms with Crippen molar-refractivity contribution in [3.05, 3.63) is 29.8 Å². The van der Waals surface area contributed by atoms with Crippen LogP contribution >= 0.6 is 0 Å². The van der Waals surface area contributed by atoms with E-state index < -0.39 is 10.0 Å². The van der Waals surface area contributed by atoms with Crippen LogP contribution in [-0.4, -0.2) is 14.2 Å². The van der Waals surface area contributed by atoms with Crippen molar-refractivity contribution in [3.8, 4) is 0 Å². The van der Waals surface area contributed by atoms with E-state index in [1.54, 1.807) is 12.1 Å². The zero-order valence-electron chi connectivity index (χ0n) is 10.3. The monoisotopic (exact) mass is 256 g/mol. The quantitative estimate of drug-likeness (QED) is 0.765. The molecule has 17 heavy (non-hydrogen) atoms. The van der Waals surface area contributed by atoms with Crippen LogP contribution in [0.4, 0.5) is 5.69 Å². The summed E-state index contributed by atoms with van der Waals surface area (Å²) in [6.07, 6.45) is 1.55. The van der Waals surface area contributed by atoms with Crippen molar-refractivity contribution >= 4 is 15.7 Å². The Balaban J connectivity index is 2.69. The molecule has 0 amide bonds. The number of unbranched alkanes of at least 4 members (excludes halogenated alkanes) is 1. The topological polar surface area (TPSA) is 72.2 Å². The summed E-state index contributed by atoms with van der Waals surface area (Å²) >= 11 is 0. The number of anilines is 1. The maximum Gasteiger partial charge on any atom is 0.212 e. The zero-order chi connectivity index (χ0) is 12.9. The fourth-order valence-corrected chi connectivity index (χ4v) is 3.02. The Morgan fingerprint density at radius 1 is 1.41 bits per heavy atom. The third kappa shape index (κ3) is 4.75. The Morgan fingerprint density at radius 2 is 2.12 bits per heavy atom. The van der Waals surface area contributed by atoms with Crippen molar-refractivity contribution < 1.29 is 8.42 Å². The SMILES string of the molecule is CCCCS(=O)(=O)NC(C)c1cccc(N)c1. The van der Waals surface area contributed by atoms with E-state index in [-0.39, 0.29) is 11.8 Å². The molecule has 0 bridgehead atoms. The third-order valence-electron chi connectivity index (χ3n) is 2.53. The molecule has 0 saturated carbocycles. The average Bonchev–Trinajstić information content (AvgIpc) is 2.26. The van der Waals surface area contributed by atoms with Gasteiger partial charge in [0.25, 0.3) is 0 Å². The highest BCUT2D eigenvalue weighted by Crippen LogP contribution is 2.16. The molecule has 5 heteroatoms. The number of benzene rings is 1. The molecule has 0 aromatic heterocycles. The van der Waals surface area contributed by atoms with E-state index in [2.05, 4.69) is 4.72 Å². The highest BCUT2D eigenvalue weighted by Gasteiger charge is 2.15. The molecule has 0 heterocycles. The van der Waals surface area contributed by atoms with E-state index in [4.69, 9.17) is 5.73 Å². The minimum Gasteiger partial charge on any atom is -0.399 e. The van der Waals surface area contributed by atoms with E-state index in [1.165, 1.54) is 0 Å². The van der Waals surface area contributed by atoms with Crippen LogP contribution in [0, 0.1) is 0 Å². The predicted molar refractivity (Wildman–Crippen MR) is 71.1 cm³/mol. The van der Waals surface area contributed by atoms with Gasteiger partial charge in [-0.2, -0.15) is 0 Å². The minimum absolute atomic E-state index is 0.177. The molecule has 1 aromatic carbocycles. The van der Waals surface area contributed by atoms with Crippen molar-refractivity contribution in [1.29, 1.82) is 0 Å². The van der Waals surface area contributed by atoms with Gasteiger partial charge in [-0.3, -0.25) is 0 Å². The van der Waals surface area contributed by atoms with Gasteiger partial charge >= 0.3 is 0 Å². The first kappa shape index (κ1) is 14.0. The van der Waals surface area contributed by atoms with Crippen LogP contribution in [-0.2, 0) is 10.0 Å². The van der Waals surface area contributed by atoms with Crippen molar-refractivity contribution in [3.63, 3.8) is 0 Å². The Hall–Kier alpha value is -1.07. The summed E-state index contributed by atoms with van der Waals surface area (Å²) in [5.74, 6) is 0.177. The Labute approximate surface area is 103 Å².